The van der Waals surface area contributed by atoms with Crippen LogP contribution in [0.5, 0.6) is 0 Å². The van der Waals surface area contributed by atoms with Crippen molar-refractivity contribution in [2.45, 2.75) is 12.4 Å². The first-order chi connectivity index (χ1) is 6.70. The van der Waals surface area contributed by atoms with Crippen molar-refractivity contribution >= 4 is 5.69 Å². The molecule has 0 radical (unpaired) electrons. The van der Waals surface area contributed by atoms with E-state index in [-0.39, 0.29) is 0 Å². The number of nitrogen functional groups attached to an aromatic ring is 1. The van der Waals surface area contributed by atoms with Gasteiger partial charge in [0, 0.05) is 37.9 Å². The Bertz CT molecular complexity index is 289. The molecule has 1 atom stereocenters. The Labute approximate surface area is 82.5 Å². The minimum absolute atomic E-state index is 0.464. The number of pyridine rings is 1. The molecule has 1 unspecified atom stereocenters. The van der Waals surface area contributed by atoms with Gasteiger partial charge in [-0.2, -0.15) is 0 Å². The largest absolute Gasteiger partial charge is 0.398 e. The smallest absolute Gasteiger partial charge is 0.187 e. The maximum Gasteiger partial charge on any atom is 0.187 e. The lowest BCUT2D eigenvalue weighted by Crippen LogP contribution is -2.23. The monoisotopic (exact) mass is 198 g/mol. The Morgan fingerprint density at radius 1 is 1.43 bits per heavy atom. The van der Waals surface area contributed by atoms with E-state index in [1.165, 1.54) is 20.4 Å². The van der Waals surface area contributed by atoms with Gasteiger partial charge in [0.1, 0.15) is 6.10 Å². The maximum absolute atomic E-state index is 9.79. The molecular formula is C9H14N2O3. The van der Waals surface area contributed by atoms with Crippen molar-refractivity contribution in [1.82, 2.24) is 4.98 Å². The second kappa shape index (κ2) is 4.90. The third-order valence-electron chi connectivity index (χ3n) is 1.93. The minimum Gasteiger partial charge on any atom is -0.398 e. The van der Waals surface area contributed by atoms with E-state index in [9.17, 15) is 5.11 Å². The highest BCUT2D eigenvalue weighted by Crippen LogP contribution is 2.23. The van der Waals surface area contributed by atoms with Gasteiger partial charge in [-0.05, 0) is 6.07 Å². The number of hydrogen-bond donors (Lipinski definition) is 2. The fourth-order valence-corrected chi connectivity index (χ4v) is 1.17. The van der Waals surface area contributed by atoms with Crippen LogP contribution in [0.4, 0.5) is 5.69 Å². The van der Waals surface area contributed by atoms with Crippen LogP contribution in [-0.2, 0) is 9.47 Å². The van der Waals surface area contributed by atoms with Crippen molar-refractivity contribution in [3.63, 3.8) is 0 Å². The number of nitrogens with zero attached hydrogens (tertiary/aromatic N) is 1. The first kappa shape index (κ1) is 10.9. The van der Waals surface area contributed by atoms with Gasteiger partial charge in [0.15, 0.2) is 6.29 Å². The molecule has 0 spiro atoms. The summed E-state index contributed by atoms with van der Waals surface area (Å²) in [5.41, 5.74) is 6.62. The second-order valence-corrected chi connectivity index (χ2v) is 2.79. The number of ether oxygens (including phenoxy) is 2. The normalized spacial score (nSPS) is 13.1. The van der Waals surface area contributed by atoms with Crippen molar-refractivity contribution < 1.29 is 14.6 Å². The average Bonchev–Trinajstić information content (AvgIpc) is 2.20. The van der Waals surface area contributed by atoms with E-state index < -0.39 is 12.4 Å². The van der Waals surface area contributed by atoms with E-state index in [4.69, 9.17) is 15.2 Å². The summed E-state index contributed by atoms with van der Waals surface area (Å²) >= 11 is 0. The number of aliphatic hydroxyl groups excluding tert-OH is 1. The molecule has 0 aromatic carbocycles. The van der Waals surface area contributed by atoms with Gasteiger partial charge in [-0.1, -0.05) is 0 Å². The van der Waals surface area contributed by atoms with Crippen LogP contribution in [0.3, 0.4) is 0 Å². The highest BCUT2D eigenvalue weighted by atomic mass is 16.7. The third-order valence-corrected chi connectivity index (χ3v) is 1.93. The summed E-state index contributed by atoms with van der Waals surface area (Å²) in [7, 11) is 2.90. The summed E-state index contributed by atoms with van der Waals surface area (Å²) in [5.74, 6) is 0. The lowest BCUT2D eigenvalue weighted by Gasteiger charge is -2.20. The molecule has 0 amide bonds. The Morgan fingerprint density at radius 2 is 2.07 bits per heavy atom. The van der Waals surface area contributed by atoms with E-state index in [1.807, 2.05) is 0 Å². The minimum atomic E-state index is -0.932. The summed E-state index contributed by atoms with van der Waals surface area (Å²) in [6.45, 7) is 0. The Balaban J connectivity index is 2.88. The van der Waals surface area contributed by atoms with E-state index in [2.05, 4.69) is 4.98 Å². The van der Waals surface area contributed by atoms with Gasteiger partial charge < -0.3 is 20.3 Å². The number of methoxy groups -OCH3 is 2. The maximum atomic E-state index is 9.79. The number of aromatic nitrogens is 1. The predicted molar refractivity (Wildman–Crippen MR) is 51.4 cm³/mol. The lowest BCUT2D eigenvalue weighted by molar-refractivity contribution is -0.166. The van der Waals surface area contributed by atoms with Crippen molar-refractivity contribution in [2.75, 3.05) is 20.0 Å². The Hall–Kier alpha value is -1.17. The van der Waals surface area contributed by atoms with Crippen LogP contribution in [-0.4, -0.2) is 30.6 Å². The molecule has 5 nitrogen and oxygen atoms in total. The molecule has 1 rings (SSSR count). The van der Waals surface area contributed by atoms with Crippen molar-refractivity contribution in [2.24, 2.45) is 0 Å². The van der Waals surface area contributed by atoms with Crippen molar-refractivity contribution in [3.05, 3.63) is 24.0 Å². The second-order valence-electron chi connectivity index (χ2n) is 2.79. The molecule has 1 aromatic rings. The number of aliphatic hydroxyl groups is 1. The fourth-order valence-electron chi connectivity index (χ4n) is 1.17. The van der Waals surface area contributed by atoms with Crippen molar-refractivity contribution in [3.8, 4) is 0 Å². The molecule has 0 bridgehead atoms. The van der Waals surface area contributed by atoms with Gasteiger partial charge >= 0.3 is 0 Å². The van der Waals surface area contributed by atoms with E-state index in [1.54, 1.807) is 12.3 Å². The molecule has 5 heteroatoms. The first-order valence-electron chi connectivity index (χ1n) is 4.13. The van der Waals surface area contributed by atoms with E-state index >= 15 is 0 Å². The highest BCUT2D eigenvalue weighted by Gasteiger charge is 2.21. The number of rotatable bonds is 4. The molecule has 0 saturated heterocycles. The molecule has 0 aliphatic rings. The summed E-state index contributed by atoms with van der Waals surface area (Å²) in [6, 6.07) is 1.61. The van der Waals surface area contributed by atoms with Gasteiger partial charge in [0.2, 0.25) is 0 Å². The number of hydrogen-bond acceptors (Lipinski definition) is 5. The fraction of sp³-hybridized carbons (Fsp3) is 0.444. The average molecular weight is 198 g/mol. The Kier molecular flexibility index (Phi) is 3.82. The molecule has 0 fully saturated rings. The summed E-state index contributed by atoms with van der Waals surface area (Å²) in [4.78, 5) is 3.87. The molecule has 78 valence electrons. The van der Waals surface area contributed by atoms with Gasteiger partial charge in [0.25, 0.3) is 0 Å². The van der Waals surface area contributed by atoms with Crippen LogP contribution in [0.25, 0.3) is 0 Å². The molecule has 0 aliphatic carbocycles. The van der Waals surface area contributed by atoms with Gasteiger partial charge in [-0.15, -0.1) is 0 Å². The highest BCUT2D eigenvalue weighted by molar-refractivity contribution is 5.45. The third kappa shape index (κ3) is 2.20. The van der Waals surface area contributed by atoms with Crippen LogP contribution < -0.4 is 5.73 Å². The lowest BCUT2D eigenvalue weighted by atomic mass is 10.1. The molecule has 1 aromatic heterocycles. The Morgan fingerprint density at radius 3 is 2.57 bits per heavy atom. The predicted octanol–water partition coefficient (Wildman–Crippen LogP) is 0.316. The molecule has 0 saturated carbocycles. The summed E-state index contributed by atoms with van der Waals surface area (Å²) < 4.78 is 9.83. The van der Waals surface area contributed by atoms with Crippen LogP contribution in [0.1, 0.15) is 11.7 Å². The molecular weight excluding hydrogens is 184 g/mol. The van der Waals surface area contributed by atoms with Crippen LogP contribution >= 0.6 is 0 Å². The van der Waals surface area contributed by atoms with Gasteiger partial charge in [0.05, 0.1) is 0 Å². The van der Waals surface area contributed by atoms with Crippen LogP contribution in [0, 0.1) is 0 Å². The quantitative estimate of drug-likeness (QED) is 0.681. The van der Waals surface area contributed by atoms with E-state index in [0.717, 1.165) is 0 Å². The van der Waals surface area contributed by atoms with Crippen molar-refractivity contribution in [1.29, 1.82) is 0 Å². The number of nitrogens with two attached hydrogens (primary N) is 1. The van der Waals surface area contributed by atoms with Crippen LogP contribution in [0.15, 0.2) is 18.5 Å². The SMILES string of the molecule is COC(OC)C(O)c1cnccc1N. The zero-order valence-electron chi connectivity index (χ0n) is 8.18. The summed E-state index contributed by atoms with van der Waals surface area (Å²) in [6.07, 6.45) is 1.38. The van der Waals surface area contributed by atoms with Crippen LogP contribution in [0.2, 0.25) is 0 Å². The zero-order valence-corrected chi connectivity index (χ0v) is 8.18. The number of anilines is 1. The first-order valence-corrected chi connectivity index (χ1v) is 4.13. The van der Waals surface area contributed by atoms with Gasteiger partial charge in [-0.3, -0.25) is 4.98 Å². The molecule has 14 heavy (non-hydrogen) atoms. The molecule has 0 aliphatic heterocycles. The summed E-state index contributed by atoms with van der Waals surface area (Å²) in [5, 5.41) is 9.79. The van der Waals surface area contributed by atoms with E-state index in [0.29, 0.717) is 11.3 Å². The standard InChI is InChI=1S/C9H14N2O3/c1-13-9(14-2)8(12)6-5-11-4-3-7(6)10/h3-5,8-9,12H,1-2H3,(H2,10,11). The topological polar surface area (TPSA) is 77.6 Å². The molecule has 1 heterocycles. The van der Waals surface area contributed by atoms with Gasteiger partial charge in [-0.25, -0.2) is 0 Å². The molecule has 3 N–H and O–H groups in total. The zero-order chi connectivity index (χ0) is 10.6.